The number of rotatable bonds is 5. The summed E-state index contributed by atoms with van der Waals surface area (Å²) < 4.78 is 7.07. The van der Waals surface area contributed by atoms with Crippen molar-refractivity contribution in [1.82, 2.24) is 14.5 Å². The van der Waals surface area contributed by atoms with Gasteiger partial charge in [-0.3, -0.25) is 9.36 Å². The van der Waals surface area contributed by atoms with Crippen LogP contribution in [0.5, 0.6) is 0 Å². The highest BCUT2D eigenvalue weighted by Crippen LogP contribution is 2.33. The van der Waals surface area contributed by atoms with Crippen LogP contribution in [0.3, 0.4) is 0 Å². The zero-order valence-electron chi connectivity index (χ0n) is 15.1. The first-order valence-corrected chi connectivity index (χ1v) is 9.30. The topological polar surface area (TPSA) is 57.0 Å². The third-order valence-electron chi connectivity index (χ3n) is 3.92. The Hall–Kier alpha value is -2.21. The molecule has 0 saturated heterocycles. The number of fused-ring (bicyclic) bond motifs is 1. The Labute approximate surface area is 151 Å². The number of benzene rings is 1. The van der Waals surface area contributed by atoms with Crippen molar-refractivity contribution in [2.45, 2.75) is 46.0 Å². The Morgan fingerprint density at radius 1 is 1.28 bits per heavy atom. The van der Waals surface area contributed by atoms with Crippen LogP contribution < -0.4 is 0 Å². The maximum atomic E-state index is 11.7. The molecule has 2 aromatic heterocycles. The summed E-state index contributed by atoms with van der Waals surface area (Å²) in [5, 5.41) is 0.887. The Kier molecular flexibility index (Phi) is 4.90. The molecule has 0 aliphatic heterocycles. The molecule has 5 nitrogen and oxygen atoms in total. The molecular weight excluding hydrogens is 334 g/mol. The number of hydrogen-bond acceptors (Lipinski definition) is 5. The van der Waals surface area contributed by atoms with Gasteiger partial charge in [-0.25, -0.2) is 9.97 Å². The van der Waals surface area contributed by atoms with E-state index in [-0.39, 0.29) is 11.4 Å². The van der Waals surface area contributed by atoms with Gasteiger partial charge in [0.25, 0.3) is 0 Å². The standard InChI is InChI=1S/C19H23N3O2S/c1-5-24-16(23)11-10-15-17(19(2,3)4)21-18(25-15)22-12-20-13-8-6-7-9-14(13)22/h6-9,12H,5,10-11H2,1-4H3. The minimum atomic E-state index is -0.162. The smallest absolute Gasteiger partial charge is 0.306 e. The second-order valence-electron chi connectivity index (χ2n) is 6.93. The number of ether oxygens (including phenoxy) is 1. The van der Waals surface area contributed by atoms with Crippen molar-refractivity contribution in [3.05, 3.63) is 41.2 Å². The lowest BCUT2D eigenvalue weighted by Crippen LogP contribution is -2.15. The average molecular weight is 357 g/mol. The van der Waals surface area contributed by atoms with E-state index in [0.717, 1.165) is 26.7 Å². The first-order valence-electron chi connectivity index (χ1n) is 8.48. The first kappa shape index (κ1) is 17.6. The molecule has 0 aliphatic rings. The molecular formula is C19H23N3O2S. The molecule has 3 aromatic rings. The largest absolute Gasteiger partial charge is 0.466 e. The number of hydrogen-bond donors (Lipinski definition) is 0. The number of aryl methyl sites for hydroxylation is 1. The third-order valence-corrected chi connectivity index (χ3v) is 5.03. The van der Waals surface area contributed by atoms with Crippen molar-refractivity contribution in [3.63, 3.8) is 0 Å². The fourth-order valence-electron chi connectivity index (χ4n) is 2.76. The maximum Gasteiger partial charge on any atom is 0.306 e. The monoisotopic (exact) mass is 357 g/mol. The van der Waals surface area contributed by atoms with E-state index in [9.17, 15) is 4.79 Å². The van der Waals surface area contributed by atoms with E-state index in [2.05, 4.69) is 25.8 Å². The fraction of sp³-hybridized carbons (Fsp3) is 0.421. The molecule has 0 unspecified atom stereocenters. The van der Waals surface area contributed by atoms with Crippen LogP contribution in [0, 0.1) is 0 Å². The number of para-hydroxylation sites is 2. The summed E-state index contributed by atoms with van der Waals surface area (Å²) in [6.07, 6.45) is 2.84. The minimum absolute atomic E-state index is 0.0882. The molecule has 0 saturated carbocycles. The number of esters is 1. The summed E-state index contributed by atoms with van der Waals surface area (Å²) in [6, 6.07) is 8.01. The molecule has 0 aliphatic carbocycles. The summed E-state index contributed by atoms with van der Waals surface area (Å²) >= 11 is 1.62. The second-order valence-corrected chi connectivity index (χ2v) is 7.99. The predicted octanol–water partition coefficient (Wildman–Crippen LogP) is 4.28. The third kappa shape index (κ3) is 3.74. The molecule has 6 heteroatoms. The second kappa shape index (κ2) is 6.96. The first-order chi connectivity index (χ1) is 11.9. The van der Waals surface area contributed by atoms with Gasteiger partial charge in [-0.1, -0.05) is 32.9 Å². The molecule has 0 radical (unpaired) electrons. The molecule has 0 atom stereocenters. The van der Waals surface area contributed by atoms with Crippen molar-refractivity contribution in [3.8, 4) is 5.13 Å². The van der Waals surface area contributed by atoms with Crippen LogP contribution in [0.4, 0.5) is 0 Å². The molecule has 1 aromatic carbocycles. The van der Waals surface area contributed by atoms with Gasteiger partial charge >= 0.3 is 5.97 Å². The van der Waals surface area contributed by atoms with Crippen molar-refractivity contribution < 1.29 is 9.53 Å². The van der Waals surface area contributed by atoms with Crippen molar-refractivity contribution in [2.75, 3.05) is 6.61 Å². The highest BCUT2D eigenvalue weighted by atomic mass is 32.1. The van der Waals surface area contributed by atoms with E-state index < -0.39 is 0 Å². The highest BCUT2D eigenvalue weighted by Gasteiger charge is 2.24. The Balaban J connectivity index is 1.97. The molecule has 0 spiro atoms. The fourth-order valence-corrected chi connectivity index (χ4v) is 4.01. The van der Waals surface area contributed by atoms with Gasteiger partial charge in [0.05, 0.1) is 29.8 Å². The SMILES string of the molecule is CCOC(=O)CCc1sc(-n2cnc3ccccc32)nc1C(C)(C)C. The summed E-state index contributed by atoms with van der Waals surface area (Å²) in [5.74, 6) is -0.162. The number of carbonyl (C=O) groups is 1. The lowest BCUT2D eigenvalue weighted by molar-refractivity contribution is -0.143. The van der Waals surface area contributed by atoms with Crippen LogP contribution in [0.2, 0.25) is 0 Å². The van der Waals surface area contributed by atoms with Crippen LogP contribution in [-0.2, 0) is 21.4 Å². The van der Waals surface area contributed by atoms with E-state index in [0.29, 0.717) is 19.4 Å². The zero-order valence-corrected chi connectivity index (χ0v) is 15.9. The highest BCUT2D eigenvalue weighted by molar-refractivity contribution is 7.14. The Morgan fingerprint density at radius 2 is 2.04 bits per heavy atom. The average Bonchev–Trinajstić information content (AvgIpc) is 3.16. The van der Waals surface area contributed by atoms with E-state index in [1.807, 2.05) is 42.1 Å². The normalized spacial score (nSPS) is 11.8. The minimum Gasteiger partial charge on any atom is -0.466 e. The number of thiazole rings is 1. The number of nitrogens with zero attached hydrogens (tertiary/aromatic N) is 3. The van der Waals surface area contributed by atoms with E-state index in [4.69, 9.17) is 9.72 Å². The summed E-state index contributed by atoms with van der Waals surface area (Å²) in [5.41, 5.74) is 2.93. The lowest BCUT2D eigenvalue weighted by atomic mass is 9.90. The van der Waals surface area contributed by atoms with Crippen molar-refractivity contribution in [1.29, 1.82) is 0 Å². The van der Waals surface area contributed by atoms with Crippen LogP contribution in [0.1, 0.15) is 44.7 Å². The molecule has 25 heavy (non-hydrogen) atoms. The van der Waals surface area contributed by atoms with Gasteiger partial charge in [0, 0.05) is 10.3 Å². The molecule has 0 amide bonds. The summed E-state index contributed by atoms with van der Waals surface area (Å²) in [4.78, 5) is 22.2. The molecule has 3 rings (SSSR count). The van der Waals surface area contributed by atoms with Gasteiger partial charge in [-0.15, -0.1) is 11.3 Å². The van der Waals surface area contributed by atoms with Gasteiger partial charge in [0.1, 0.15) is 6.33 Å². The Morgan fingerprint density at radius 3 is 2.76 bits per heavy atom. The molecule has 0 N–H and O–H groups in total. The van der Waals surface area contributed by atoms with E-state index >= 15 is 0 Å². The van der Waals surface area contributed by atoms with Crippen LogP contribution in [-0.4, -0.2) is 27.1 Å². The number of aromatic nitrogens is 3. The maximum absolute atomic E-state index is 11.7. The van der Waals surface area contributed by atoms with Gasteiger partial charge < -0.3 is 4.74 Å². The number of imidazole rings is 1. The van der Waals surface area contributed by atoms with Gasteiger partial charge in [-0.05, 0) is 25.5 Å². The predicted molar refractivity (Wildman–Crippen MR) is 100 cm³/mol. The van der Waals surface area contributed by atoms with E-state index in [1.54, 1.807) is 11.3 Å². The van der Waals surface area contributed by atoms with Crippen LogP contribution in [0.25, 0.3) is 16.2 Å². The van der Waals surface area contributed by atoms with Gasteiger partial charge in [0.15, 0.2) is 5.13 Å². The molecule has 0 bridgehead atoms. The Bertz CT molecular complexity index is 890. The van der Waals surface area contributed by atoms with Crippen molar-refractivity contribution in [2.24, 2.45) is 0 Å². The van der Waals surface area contributed by atoms with Gasteiger partial charge in [-0.2, -0.15) is 0 Å². The summed E-state index contributed by atoms with van der Waals surface area (Å²) in [7, 11) is 0. The molecule has 132 valence electrons. The van der Waals surface area contributed by atoms with Crippen LogP contribution in [0.15, 0.2) is 30.6 Å². The molecule has 2 heterocycles. The summed E-state index contributed by atoms with van der Waals surface area (Å²) in [6.45, 7) is 8.68. The molecule has 0 fully saturated rings. The number of carbonyl (C=O) groups excluding carboxylic acids is 1. The van der Waals surface area contributed by atoms with E-state index in [1.165, 1.54) is 0 Å². The lowest BCUT2D eigenvalue weighted by Gasteiger charge is -2.17. The van der Waals surface area contributed by atoms with Crippen molar-refractivity contribution >= 4 is 28.3 Å². The quantitative estimate of drug-likeness (QED) is 0.640. The van der Waals surface area contributed by atoms with Crippen LogP contribution >= 0.6 is 11.3 Å². The zero-order chi connectivity index (χ0) is 18.0. The van der Waals surface area contributed by atoms with Gasteiger partial charge in [0.2, 0.25) is 0 Å².